The maximum atomic E-state index is 12.8. The zero-order valence-electron chi connectivity index (χ0n) is 13.7. The van der Waals surface area contributed by atoms with Crippen LogP contribution in [-0.2, 0) is 22.9 Å². The Morgan fingerprint density at radius 2 is 1.88 bits per heavy atom. The summed E-state index contributed by atoms with van der Waals surface area (Å²) in [7, 11) is -3.47. The lowest BCUT2D eigenvalue weighted by atomic mass is 9.92. The molecule has 5 nitrogen and oxygen atoms in total. The standard InChI is InChI=1S/C18H19ClN2O3S/c19-17-6-3-9-20-18(17)24-15-11-21(12-15)25(22,23)16-8-7-13-4-1-2-5-14(13)10-16/h3,6-10,15H,1-2,4-5,11-12H2. The quantitative estimate of drug-likeness (QED) is 0.820. The topological polar surface area (TPSA) is 59.5 Å². The van der Waals surface area contributed by atoms with E-state index in [2.05, 4.69) is 4.98 Å². The smallest absolute Gasteiger partial charge is 0.243 e. The van der Waals surface area contributed by atoms with Crippen molar-refractivity contribution in [1.29, 1.82) is 0 Å². The Kier molecular flexibility index (Phi) is 4.43. The van der Waals surface area contributed by atoms with Crippen molar-refractivity contribution in [3.05, 3.63) is 52.7 Å². The second kappa shape index (κ2) is 6.59. The highest BCUT2D eigenvalue weighted by Gasteiger charge is 2.38. The fourth-order valence-electron chi connectivity index (χ4n) is 3.31. The van der Waals surface area contributed by atoms with Gasteiger partial charge in [0.2, 0.25) is 15.9 Å². The molecule has 1 aliphatic heterocycles. The average Bonchev–Trinajstić information content (AvgIpc) is 2.58. The van der Waals surface area contributed by atoms with Crippen LogP contribution in [0, 0.1) is 0 Å². The lowest BCUT2D eigenvalue weighted by molar-refractivity contribution is 0.0722. The monoisotopic (exact) mass is 378 g/mol. The molecule has 0 amide bonds. The minimum atomic E-state index is -3.47. The van der Waals surface area contributed by atoms with Crippen molar-refractivity contribution in [3.8, 4) is 5.88 Å². The number of halogens is 1. The van der Waals surface area contributed by atoms with Gasteiger partial charge in [0.05, 0.1) is 18.0 Å². The molecule has 0 atom stereocenters. The molecule has 0 saturated carbocycles. The van der Waals surface area contributed by atoms with Crippen LogP contribution >= 0.6 is 11.6 Å². The van der Waals surface area contributed by atoms with Crippen LogP contribution in [-0.4, -0.2) is 36.9 Å². The van der Waals surface area contributed by atoms with Crippen LogP contribution in [0.1, 0.15) is 24.0 Å². The number of hydrogen-bond donors (Lipinski definition) is 0. The summed E-state index contributed by atoms with van der Waals surface area (Å²) in [6.45, 7) is 0.624. The molecule has 0 bridgehead atoms. The maximum absolute atomic E-state index is 12.8. The molecule has 0 radical (unpaired) electrons. The highest BCUT2D eigenvalue weighted by atomic mass is 35.5. The Balaban J connectivity index is 1.45. The Bertz CT molecular complexity index is 895. The molecule has 0 unspecified atom stereocenters. The Morgan fingerprint density at radius 1 is 1.12 bits per heavy atom. The van der Waals surface area contributed by atoms with Crippen molar-refractivity contribution in [2.75, 3.05) is 13.1 Å². The Labute approximate surface area is 152 Å². The van der Waals surface area contributed by atoms with Crippen LogP contribution in [0.5, 0.6) is 5.88 Å². The van der Waals surface area contributed by atoms with Gasteiger partial charge < -0.3 is 4.74 Å². The zero-order valence-corrected chi connectivity index (χ0v) is 15.3. The van der Waals surface area contributed by atoms with Crippen molar-refractivity contribution in [2.24, 2.45) is 0 Å². The van der Waals surface area contributed by atoms with Crippen molar-refractivity contribution < 1.29 is 13.2 Å². The first-order valence-corrected chi connectivity index (χ1v) is 10.2. The normalized spacial score (nSPS) is 18.4. The van der Waals surface area contributed by atoms with Crippen molar-refractivity contribution in [2.45, 2.75) is 36.7 Å². The summed E-state index contributed by atoms with van der Waals surface area (Å²) in [6.07, 6.45) is 5.69. The van der Waals surface area contributed by atoms with E-state index in [4.69, 9.17) is 16.3 Å². The summed E-state index contributed by atoms with van der Waals surface area (Å²) >= 11 is 6.02. The van der Waals surface area contributed by atoms with Gasteiger partial charge in [-0.25, -0.2) is 13.4 Å². The Hall–Kier alpha value is -1.63. The number of fused-ring (bicyclic) bond motifs is 1. The van der Waals surface area contributed by atoms with Crippen LogP contribution in [0.2, 0.25) is 5.02 Å². The molecule has 0 N–H and O–H groups in total. The van der Waals surface area contributed by atoms with Gasteiger partial charge in [-0.05, 0) is 61.1 Å². The van der Waals surface area contributed by atoms with E-state index in [9.17, 15) is 8.42 Å². The number of sulfonamides is 1. The fraction of sp³-hybridized carbons (Fsp3) is 0.389. The number of aryl methyl sites for hydroxylation is 2. The van der Waals surface area contributed by atoms with Gasteiger partial charge in [0.25, 0.3) is 0 Å². The first-order chi connectivity index (χ1) is 12.0. The fourth-order valence-corrected chi connectivity index (χ4v) is 5.03. The summed E-state index contributed by atoms with van der Waals surface area (Å²) in [5, 5.41) is 0.429. The van der Waals surface area contributed by atoms with Gasteiger partial charge in [0.15, 0.2) is 0 Å². The predicted molar refractivity (Wildman–Crippen MR) is 95.5 cm³/mol. The second-order valence-electron chi connectivity index (χ2n) is 6.49. The molecule has 1 aliphatic carbocycles. The first-order valence-electron chi connectivity index (χ1n) is 8.43. The minimum Gasteiger partial charge on any atom is -0.470 e. The van der Waals surface area contributed by atoms with E-state index in [0.29, 0.717) is 28.9 Å². The van der Waals surface area contributed by atoms with Crippen LogP contribution in [0.3, 0.4) is 0 Å². The van der Waals surface area contributed by atoms with Gasteiger partial charge >= 0.3 is 0 Å². The van der Waals surface area contributed by atoms with Gasteiger partial charge in [-0.15, -0.1) is 0 Å². The van der Waals surface area contributed by atoms with E-state index < -0.39 is 10.0 Å². The van der Waals surface area contributed by atoms with Gasteiger partial charge in [-0.1, -0.05) is 17.7 Å². The molecular formula is C18H19ClN2O3S. The van der Waals surface area contributed by atoms with Gasteiger partial charge in [-0.3, -0.25) is 0 Å². The minimum absolute atomic E-state index is 0.222. The molecular weight excluding hydrogens is 360 g/mol. The molecule has 2 aliphatic rings. The molecule has 0 spiro atoms. The highest BCUT2D eigenvalue weighted by molar-refractivity contribution is 7.89. The van der Waals surface area contributed by atoms with Crippen molar-refractivity contribution >= 4 is 21.6 Å². The van der Waals surface area contributed by atoms with E-state index in [1.807, 2.05) is 12.1 Å². The van der Waals surface area contributed by atoms with E-state index in [0.717, 1.165) is 19.3 Å². The molecule has 4 rings (SSSR count). The van der Waals surface area contributed by atoms with Crippen molar-refractivity contribution in [1.82, 2.24) is 9.29 Å². The van der Waals surface area contributed by atoms with Gasteiger partial charge in [0, 0.05) is 6.20 Å². The number of rotatable bonds is 4. The molecule has 1 fully saturated rings. The van der Waals surface area contributed by atoms with Crippen LogP contribution in [0.15, 0.2) is 41.4 Å². The molecule has 7 heteroatoms. The lowest BCUT2D eigenvalue weighted by Crippen LogP contribution is -2.56. The molecule has 1 aromatic heterocycles. The SMILES string of the molecule is O=S(=O)(c1ccc2c(c1)CCCC2)N1CC(Oc2ncccc2Cl)C1. The molecule has 1 aromatic carbocycles. The third-order valence-electron chi connectivity index (χ3n) is 4.78. The second-order valence-corrected chi connectivity index (χ2v) is 8.84. The first kappa shape index (κ1) is 16.8. The summed E-state index contributed by atoms with van der Waals surface area (Å²) < 4.78 is 32.7. The average molecular weight is 379 g/mol. The highest BCUT2D eigenvalue weighted by Crippen LogP contribution is 2.29. The van der Waals surface area contributed by atoms with Crippen LogP contribution in [0.4, 0.5) is 0 Å². The van der Waals surface area contributed by atoms with E-state index in [-0.39, 0.29) is 6.10 Å². The third-order valence-corrected chi connectivity index (χ3v) is 6.89. The zero-order chi connectivity index (χ0) is 17.4. The van der Waals surface area contributed by atoms with Crippen LogP contribution < -0.4 is 4.74 Å². The van der Waals surface area contributed by atoms with Crippen LogP contribution in [0.25, 0.3) is 0 Å². The summed E-state index contributed by atoms with van der Waals surface area (Å²) in [6, 6.07) is 8.95. The van der Waals surface area contributed by atoms with Gasteiger partial charge in [-0.2, -0.15) is 4.31 Å². The third kappa shape index (κ3) is 3.26. The van der Waals surface area contributed by atoms with E-state index >= 15 is 0 Å². The predicted octanol–water partition coefficient (Wildman–Crippen LogP) is 3.07. The summed E-state index contributed by atoms with van der Waals surface area (Å²) in [5.74, 6) is 0.347. The number of aromatic nitrogens is 1. The van der Waals surface area contributed by atoms with E-state index in [1.54, 1.807) is 24.4 Å². The van der Waals surface area contributed by atoms with E-state index in [1.165, 1.54) is 21.9 Å². The number of nitrogens with zero attached hydrogens (tertiary/aromatic N) is 2. The lowest BCUT2D eigenvalue weighted by Gasteiger charge is -2.37. The number of benzene rings is 1. The number of ether oxygens (including phenoxy) is 1. The maximum Gasteiger partial charge on any atom is 0.243 e. The van der Waals surface area contributed by atoms with Crippen molar-refractivity contribution in [3.63, 3.8) is 0 Å². The molecule has 132 valence electrons. The summed E-state index contributed by atoms with van der Waals surface area (Å²) in [4.78, 5) is 4.45. The molecule has 1 saturated heterocycles. The number of hydrogen-bond acceptors (Lipinski definition) is 4. The van der Waals surface area contributed by atoms with Gasteiger partial charge in [0.1, 0.15) is 11.1 Å². The molecule has 2 aromatic rings. The Morgan fingerprint density at radius 3 is 2.64 bits per heavy atom. The summed E-state index contributed by atoms with van der Waals surface area (Å²) in [5.41, 5.74) is 2.45. The largest absolute Gasteiger partial charge is 0.470 e. The molecule has 25 heavy (non-hydrogen) atoms. The molecule has 2 heterocycles. The number of pyridine rings is 1.